The summed E-state index contributed by atoms with van der Waals surface area (Å²) in [6, 6.07) is 0.111. The molecule has 7 aliphatic carbocycles. The molecule has 0 aliphatic heterocycles. The number of hydrogen-bond donors (Lipinski definition) is 3. The van der Waals surface area contributed by atoms with E-state index in [1.54, 1.807) is 13.8 Å². The Morgan fingerprint density at radius 1 is 0.754 bits per heavy atom. The Morgan fingerprint density at radius 2 is 1.42 bits per heavy atom. The molecule has 0 saturated heterocycles. The molecule has 9 heteroatoms. The molecule has 0 aromatic carbocycles. The zero-order valence-corrected chi connectivity index (χ0v) is 37.1. The predicted molar refractivity (Wildman–Crippen MR) is 220 cm³/mol. The number of rotatable bonds is 8. The second-order valence-electron chi connectivity index (χ2n) is 23.0. The highest BCUT2D eigenvalue weighted by molar-refractivity contribution is 6.06. The average molecular weight is 791 g/mol. The van der Waals surface area contributed by atoms with Crippen LogP contribution in [0.5, 0.6) is 0 Å². The van der Waals surface area contributed by atoms with Crippen molar-refractivity contribution in [2.24, 2.45) is 68.0 Å². The third kappa shape index (κ3) is 6.21. The van der Waals surface area contributed by atoms with E-state index in [0.29, 0.717) is 24.7 Å². The highest BCUT2D eigenvalue weighted by Crippen LogP contribution is 2.76. The fourth-order valence-electron chi connectivity index (χ4n) is 15.0. The van der Waals surface area contributed by atoms with Crippen LogP contribution in [0.2, 0.25) is 0 Å². The van der Waals surface area contributed by atoms with E-state index in [-0.39, 0.29) is 75.6 Å². The molecule has 9 nitrogen and oxygen atoms in total. The van der Waals surface area contributed by atoms with E-state index >= 15 is 0 Å². The molecule has 0 aromatic rings. The van der Waals surface area contributed by atoms with E-state index < -0.39 is 34.2 Å². The summed E-state index contributed by atoms with van der Waals surface area (Å²) in [4.78, 5) is 67.7. The fraction of sp³-hybridized carbons (Fsp3) is 0.854. The van der Waals surface area contributed by atoms with E-state index in [4.69, 9.17) is 4.74 Å². The molecule has 3 N–H and O–H groups in total. The summed E-state index contributed by atoms with van der Waals surface area (Å²) >= 11 is 0. The summed E-state index contributed by atoms with van der Waals surface area (Å²) in [6.07, 6.45) is 13.1. The van der Waals surface area contributed by atoms with Crippen molar-refractivity contribution in [3.63, 3.8) is 0 Å². The number of fused-ring (bicyclic) bond motifs is 7. The van der Waals surface area contributed by atoms with Gasteiger partial charge in [-0.1, -0.05) is 81.6 Å². The molecule has 6 fully saturated rings. The van der Waals surface area contributed by atoms with Crippen molar-refractivity contribution >= 4 is 29.5 Å². The van der Waals surface area contributed by atoms with Crippen LogP contribution in [-0.4, -0.2) is 52.3 Å². The molecule has 10 atom stereocenters. The Bertz CT molecular complexity index is 1740. The van der Waals surface area contributed by atoms with E-state index in [1.165, 1.54) is 12.0 Å². The molecule has 7 rings (SSSR count). The first-order chi connectivity index (χ1) is 26.4. The molecular weight excluding hydrogens is 717 g/mol. The van der Waals surface area contributed by atoms with Gasteiger partial charge in [-0.2, -0.15) is 0 Å². The van der Waals surface area contributed by atoms with Gasteiger partial charge < -0.3 is 20.5 Å². The number of ether oxygens (including phenoxy) is 1. The Morgan fingerprint density at radius 3 is 2.04 bits per heavy atom. The van der Waals surface area contributed by atoms with Crippen LogP contribution in [-0.2, 0) is 28.7 Å². The Balaban J connectivity index is 1.13. The number of esters is 1. The van der Waals surface area contributed by atoms with Crippen LogP contribution in [0.1, 0.15) is 172 Å². The minimum atomic E-state index is -1.27. The third-order valence-electron chi connectivity index (χ3n) is 18.9. The predicted octanol–water partition coefficient (Wildman–Crippen LogP) is 8.97. The number of Topliss-reactive ketones (excluding diaryl/α,β-unsaturated/α-hetero) is 1. The molecule has 0 unspecified atom stereocenters. The lowest BCUT2D eigenvalue weighted by atomic mass is 9.33. The number of carbonyl (C=O) groups excluding carboxylic acids is 4. The summed E-state index contributed by atoms with van der Waals surface area (Å²) in [5, 5.41) is 16.3. The van der Waals surface area contributed by atoms with Gasteiger partial charge in [0.1, 0.15) is 11.5 Å². The van der Waals surface area contributed by atoms with Gasteiger partial charge in [0.05, 0.1) is 17.4 Å². The van der Waals surface area contributed by atoms with Crippen LogP contribution >= 0.6 is 0 Å². The lowest BCUT2D eigenvalue weighted by molar-refractivity contribution is -0.235. The van der Waals surface area contributed by atoms with Crippen molar-refractivity contribution in [1.29, 1.82) is 0 Å². The molecule has 6 saturated carbocycles. The number of hydrogen-bond acceptors (Lipinski definition) is 6. The van der Waals surface area contributed by atoms with Gasteiger partial charge in [-0.25, -0.2) is 0 Å². The second-order valence-corrected chi connectivity index (χ2v) is 23.0. The molecule has 7 aliphatic rings. The second kappa shape index (κ2) is 13.9. The van der Waals surface area contributed by atoms with Gasteiger partial charge in [-0.05, 0) is 141 Å². The first kappa shape index (κ1) is 42.4. The lowest BCUT2D eigenvalue weighted by Gasteiger charge is -2.72. The standard InChI is InChI=1S/C48H74N2O7/c1-27(2)36-32(51)26-48(50-41(56)44(7,8)40(55)49-28-15-13-12-14-16-28)24-23-46(10)29(37(36)48)17-18-34-45(9)21-20-35(43(5,6)33(45)19-22-47(34,46)11)57-39(54)31-25-30(38(52)53)42(31,3)4/h27-31,33-35H,12-26H2,1-11H3,(H,49,55)(H,50,56)(H,52,53)/t29-,30+,31-,33+,34-,35+,45+,46-,47-,48-/m1/s1. The first-order valence-electron chi connectivity index (χ1n) is 22.7. The SMILES string of the molecule is CC(C)C1=C2[C@H]3CC[C@@H]4[C@@]5(C)CC[C@H](OC(=O)[C@H]6C[C@@H](C(=O)O)C6(C)C)C(C)(C)[C@@H]5CC[C@@]4(C)[C@]3(C)CC[C@@]2(NC(=O)C(C)(C)C(=O)NC2CCCCC2)CC1=O. The van der Waals surface area contributed by atoms with Gasteiger partial charge in [-0.15, -0.1) is 0 Å². The minimum Gasteiger partial charge on any atom is -0.481 e. The van der Waals surface area contributed by atoms with Crippen molar-refractivity contribution < 1.29 is 33.8 Å². The van der Waals surface area contributed by atoms with Crippen molar-refractivity contribution in [2.45, 2.75) is 190 Å². The van der Waals surface area contributed by atoms with Crippen LogP contribution in [0.15, 0.2) is 11.1 Å². The van der Waals surface area contributed by atoms with Crippen LogP contribution in [0.4, 0.5) is 0 Å². The van der Waals surface area contributed by atoms with Crippen LogP contribution in [0.3, 0.4) is 0 Å². The topological polar surface area (TPSA) is 139 Å². The molecule has 57 heavy (non-hydrogen) atoms. The van der Waals surface area contributed by atoms with Gasteiger partial charge >= 0.3 is 11.9 Å². The van der Waals surface area contributed by atoms with Gasteiger partial charge in [-0.3, -0.25) is 24.0 Å². The maximum absolute atomic E-state index is 14.4. The van der Waals surface area contributed by atoms with Gasteiger partial charge in [0.2, 0.25) is 11.8 Å². The molecule has 0 spiro atoms. The quantitative estimate of drug-likeness (QED) is 0.165. The lowest BCUT2D eigenvalue weighted by Crippen LogP contribution is -2.68. The number of allylic oxidation sites excluding steroid dienone is 1. The summed E-state index contributed by atoms with van der Waals surface area (Å²) in [7, 11) is 0. The summed E-state index contributed by atoms with van der Waals surface area (Å²) in [5.41, 5.74) is -0.877. The normalized spacial score (nSPS) is 41.2. The molecule has 0 heterocycles. The van der Waals surface area contributed by atoms with Crippen LogP contribution in [0, 0.1) is 68.0 Å². The monoisotopic (exact) mass is 791 g/mol. The Hall–Kier alpha value is -2.71. The molecule has 0 radical (unpaired) electrons. The van der Waals surface area contributed by atoms with Gasteiger partial charge in [0.25, 0.3) is 0 Å². The summed E-state index contributed by atoms with van der Waals surface area (Å²) in [6.45, 7) is 23.6. The molecule has 318 valence electrons. The van der Waals surface area contributed by atoms with E-state index in [2.05, 4.69) is 59.1 Å². The van der Waals surface area contributed by atoms with Crippen molar-refractivity contribution in [2.75, 3.05) is 0 Å². The van der Waals surface area contributed by atoms with E-state index in [0.717, 1.165) is 76.2 Å². The number of aliphatic carboxylic acids is 1. The number of amides is 2. The molecular formula is C48H74N2O7. The van der Waals surface area contributed by atoms with Crippen molar-refractivity contribution in [3.8, 4) is 0 Å². The van der Waals surface area contributed by atoms with Crippen LogP contribution in [0.25, 0.3) is 0 Å². The largest absolute Gasteiger partial charge is 0.481 e. The number of carbonyl (C=O) groups is 5. The number of carboxylic acids is 1. The third-order valence-corrected chi connectivity index (χ3v) is 18.9. The average Bonchev–Trinajstić information content (AvgIpc) is 3.41. The summed E-state index contributed by atoms with van der Waals surface area (Å²) in [5.74, 6) is -1.36. The van der Waals surface area contributed by atoms with Gasteiger partial charge in [0.15, 0.2) is 5.78 Å². The highest BCUT2D eigenvalue weighted by atomic mass is 16.5. The first-order valence-corrected chi connectivity index (χ1v) is 22.7. The number of carboxylic acid groups (broad SMARTS) is 1. The number of nitrogens with one attached hydrogen (secondary N) is 2. The highest BCUT2D eigenvalue weighted by Gasteiger charge is 2.71. The van der Waals surface area contributed by atoms with Crippen molar-refractivity contribution in [1.82, 2.24) is 10.6 Å². The van der Waals surface area contributed by atoms with E-state index in [9.17, 15) is 29.1 Å². The van der Waals surface area contributed by atoms with Gasteiger partial charge in [0, 0.05) is 17.9 Å². The molecule has 0 bridgehead atoms. The Labute approximate surface area is 342 Å². The maximum Gasteiger partial charge on any atom is 0.309 e. The molecule has 0 aromatic heterocycles. The zero-order valence-electron chi connectivity index (χ0n) is 37.1. The number of ketones is 1. The minimum absolute atomic E-state index is 0.00138. The Kier molecular flexibility index (Phi) is 10.4. The smallest absolute Gasteiger partial charge is 0.309 e. The van der Waals surface area contributed by atoms with Crippen molar-refractivity contribution in [3.05, 3.63) is 11.1 Å². The molecule has 2 amide bonds. The fourth-order valence-corrected chi connectivity index (χ4v) is 15.0. The van der Waals surface area contributed by atoms with Crippen LogP contribution < -0.4 is 10.6 Å². The zero-order chi connectivity index (χ0) is 41.9. The summed E-state index contributed by atoms with van der Waals surface area (Å²) < 4.78 is 6.42. The maximum atomic E-state index is 14.4. The van der Waals surface area contributed by atoms with E-state index in [1.807, 2.05) is 13.8 Å².